The fourth-order valence-electron chi connectivity index (χ4n) is 3.51. The van der Waals surface area contributed by atoms with E-state index in [1.54, 1.807) is 16.7 Å². The van der Waals surface area contributed by atoms with E-state index < -0.39 is 0 Å². The van der Waals surface area contributed by atoms with Crippen molar-refractivity contribution in [3.05, 3.63) is 65.7 Å². The molecule has 2 heterocycles. The minimum atomic E-state index is -0.231. The number of cyclic esters (lactones) is 1. The van der Waals surface area contributed by atoms with Gasteiger partial charge in [-0.2, -0.15) is 0 Å². The summed E-state index contributed by atoms with van der Waals surface area (Å²) in [6, 6.07) is 18.9. The number of carbonyl (C=O) groups is 1. The number of aromatic nitrogens is 3. The average Bonchev–Trinajstić information content (AvgIpc) is 3.35. The minimum absolute atomic E-state index is 0.105. The Morgan fingerprint density at radius 1 is 1.03 bits per heavy atom. The summed E-state index contributed by atoms with van der Waals surface area (Å²) < 4.78 is 7.17. The van der Waals surface area contributed by atoms with Gasteiger partial charge in [-0.1, -0.05) is 87.1 Å². The van der Waals surface area contributed by atoms with Gasteiger partial charge >= 0.3 is 6.09 Å². The number of ether oxygens (including phenoxy) is 1. The molecule has 4 rings (SSSR count). The largest absolute Gasteiger partial charge is 0.448 e. The number of nitrogens with zero attached hydrogens (tertiary/aromatic N) is 4. The van der Waals surface area contributed by atoms with Crippen molar-refractivity contribution in [3.63, 3.8) is 0 Å². The first-order chi connectivity index (χ1) is 14.9. The highest BCUT2D eigenvalue weighted by atomic mass is 32.2. The van der Waals surface area contributed by atoms with Crippen LogP contribution in [0.25, 0.3) is 11.4 Å². The van der Waals surface area contributed by atoms with Crippen molar-refractivity contribution < 1.29 is 9.53 Å². The molecule has 0 saturated carbocycles. The van der Waals surface area contributed by atoms with E-state index in [4.69, 9.17) is 4.74 Å². The Morgan fingerprint density at radius 3 is 2.42 bits per heavy atom. The van der Waals surface area contributed by atoms with Crippen LogP contribution in [0.1, 0.15) is 31.9 Å². The van der Waals surface area contributed by atoms with E-state index >= 15 is 0 Å². The van der Waals surface area contributed by atoms with Crippen LogP contribution in [-0.2, 0) is 16.7 Å². The van der Waals surface area contributed by atoms with Gasteiger partial charge in [0.25, 0.3) is 0 Å². The van der Waals surface area contributed by atoms with Crippen molar-refractivity contribution in [2.45, 2.75) is 37.9 Å². The van der Waals surface area contributed by atoms with Gasteiger partial charge in [-0.25, -0.2) is 4.79 Å². The summed E-state index contributed by atoms with van der Waals surface area (Å²) in [5.74, 6) is 1.60. The molecule has 0 unspecified atom stereocenters. The van der Waals surface area contributed by atoms with Crippen molar-refractivity contribution in [2.75, 3.05) is 25.4 Å². The standard InChI is InChI=1S/C24H28N4O2S/c1-24(2,3)20-11-9-19(10-12-20)21-25-26-22(28(21)17-18-7-5-4-6-8-18)31-16-14-27-13-15-30-23(27)29/h4-12H,13-17H2,1-3H3. The van der Waals surface area contributed by atoms with Gasteiger partial charge in [0.1, 0.15) is 6.61 Å². The van der Waals surface area contributed by atoms with Gasteiger partial charge in [-0.05, 0) is 16.5 Å². The first kappa shape index (κ1) is 21.4. The SMILES string of the molecule is CC(C)(C)c1ccc(-c2nnc(SCCN3CCOC3=O)n2Cc2ccccc2)cc1. The van der Waals surface area contributed by atoms with Crippen LogP contribution in [0.15, 0.2) is 59.8 Å². The van der Waals surface area contributed by atoms with Crippen LogP contribution >= 0.6 is 11.8 Å². The Bertz CT molecular complexity index is 1030. The Labute approximate surface area is 187 Å². The molecule has 0 radical (unpaired) electrons. The number of carbonyl (C=O) groups excluding carboxylic acids is 1. The second-order valence-corrected chi connectivity index (χ2v) is 9.72. The summed E-state index contributed by atoms with van der Waals surface area (Å²) in [5.41, 5.74) is 3.64. The van der Waals surface area contributed by atoms with E-state index in [1.807, 2.05) is 18.2 Å². The molecule has 31 heavy (non-hydrogen) atoms. The highest BCUT2D eigenvalue weighted by molar-refractivity contribution is 7.99. The first-order valence-electron chi connectivity index (χ1n) is 10.5. The summed E-state index contributed by atoms with van der Waals surface area (Å²) in [6.45, 7) is 9.10. The molecular weight excluding hydrogens is 408 g/mol. The van der Waals surface area contributed by atoms with E-state index in [1.165, 1.54) is 11.1 Å². The van der Waals surface area contributed by atoms with E-state index in [0.29, 0.717) is 26.2 Å². The minimum Gasteiger partial charge on any atom is -0.448 e. The van der Waals surface area contributed by atoms with Gasteiger partial charge in [0.15, 0.2) is 11.0 Å². The Hall–Kier alpha value is -2.80. The topological polar surface area (TPSA) is 60.2 Å². The Kier molecular flexibility index (Phi) is 6.32. The van der Waals surface area contributed by atoms with Gasteiger partial charge in [0.2, 0.25) is 0 Å². The maximum absolute atomic E-state index is 11.7. The zero-order chi connectivity index (χ0) is 21.8. The van der Waals surface area contributed by atoms with Crippen molar-refractivity contribution >= 4 is 17.9 Å². The number of amides is 1. The third-order valence-corrected chi connectivity index (χ3v) is 6.29. The smallest absolute Gasteiger partial charge is 0.409 e. The fourth-order valence-corrected chi connectivity index (χ4v) is 4.41. The summed E-state index contributed by atoms with van der Waals surface area (Å²) in [4.78, 5) is 13.4. The van der Waals surface area contributed by atoms with Crippen molar-refractivity contribution in [1.82, 2.24) is 19.7 Å². The lowest BCUT2D eigenvalue weighted by molar-refractivity contribution is 0.160. The predicted octanol–water partition coefficient (Wildman–Crippen LogP) is 4.84. The number of benzene rings is 2. The second kappa shape index (κ2) is 9.14. The summed E-state index contributed by atoms with van der Waals surface area (Å²) in [7, 11) is 0. The van der Waals surface area contributed by atoms with Crippen LogP contribution in [0.3, 0.4) is 0 Å². The zero-order valence-corrected chi connectivity index (χ0v) is 19.1. The Morgan fingerprint density at radius 2 is 1.77 bits per heavy atom. The molecule has 6 nitrogen and oxygen atoms in total. The second-order valence-electron chi connectivity index (χ2n) is 8.66. The van der Waals surface area contributed by atoms with Crippen LogP contribution < -0.4 is 0 Å². The lowest BCUT2D eigenvalue weighted by atomic mass is 9.87. The molecule has 0 aliphatic carbocycles. The quantitative estimate of drug-likeness (QED) is 0.496. The van der Waals surface area contributed by atoms with Gasteiger partial charge in [-0.3, -0.25) is 4.57 Å². The van der Waals surface area contributed by atoms with Crippen LogP contribution in [0.2, 0.25) is 0 Å². The zero-order valence-electron chi connectivity index (χ0n) is 18.2. The molecule has 1 fully saturated rings. The normalized spacial score (nSPS) is 14.2. The van der Waals surface area contributed by atoms with E-state index in [-0.39, 0.29) is 11.5 Å². The molecule has 3 aromatic rings. The molecule has 1 aliphatic heterocycles. The maximum atomic E-state index is 11.7. The molecule has 0 N–H and O–H groups in total. The van der Waals surface area contributed by atoms with E-state index in [9.17, 15) is 4.79 Å². The van der Waals surface area contributed by atoms with Gasteiger partial charge in [0, 0.05) is 17.9 Å². The number of hydrogen-bond acceptors (Lipinski definition) is 5. The predicted molar refractivity (Wildman–Crippen MR) is 123 cm³/mol. The van der Waals surface area contributed by atoms with Gasteiger partial charge in [0.05, 0.1) is 13.1 Å². The van der Waals surface area contributed by atoms with Crippen LogP contribution in [0.5, 0.6) is 0 Å². The van der Waals surface area contributed by atoms with Gasteiger partial charge in [-0.15, -0.1) is 10.2 Å². The molecule has 7 heteroatoms. The Balaban J connectivity index is 1.58. The third kappa shape index (κ3) is 5.10. The molecule has 162 valence electrons. The van der Waals surface area contributed by atoms with Crippen molar-refractivity contribution in [2.24, 2.45) is 0 Å². The van der Waals surface area contributed by atoms with Crippen molar-refractivity contribution in [1.29, 1.82) is 0 Å². The number of thioether (sulfide) groups is 1. The van der Waals surface area contributed by atoms with E-state index in [0.717, 1.165) is 22.3 Å². The van der Waals surface area contributed by atoms with Crippen LogP contribution in [0, 0.1) is 0 Å². The molecule has 0 spiro atoms. The van der Waals surface area contributed by atoms with Crippen LogP contribution in [0.4, 0.5) is 4.79 Å². The average molecular weight is 437 g/mol. The highest BCUT2D eigenvalue weighted by Crippen LogP contribution is 2.28. The first-order valence-corrected chi connectivity index (χ1v) is 11.5. The van der Waals surface area contributed by atoms with Gasteiger partial charge < -0.3 is 9.64 Å². The molecule has 1 aromatic heterocycles. The maximum Gasteiger partial charge on any atom is 0.409 e. The monoisotopic (exact) mass is 436 g/mol. The fraction of sp³-hybridized carbons (Fsp3) is 0.375. The molecule has 0 atom stereocenters. The molecule has 1 saturated heterocycles. The summed E-state index contributed by atoms with van der Waals surface area (Å²) >= 11 is 1.62. The third-order valence-electron chi connectivity index (χ3n) is 5.35. The van der Waals surface area contributed by atoms with Crippen molar-refractivity contribution in [3.8, 4) is 11.4 Å². The molecule has 1 aliphatic rings. The number of rotatable bonds is 7. The van der Waals surface area contributed by atoms with Crippen LogP contribution in [-0.4, -0.2) is 51.2 Å². The molecule has 0 bridgehead atoms. The number of hydrogen-bond donors (Lipinski definition) is 0. The molecular formula is C24H28N4O2S. The lowest BCUT2D eigenvalue weighted by Gasteiger charge is -2.19. The summed E-state index contributed by atoms with van der Waals surface area (Å²) in [6.07, 6.45) is -0.231. The molecule has 2 aromatic carbocycles. The lowest BCUT2D eigenvalue weighted by Crippen LogP contribution is -2.26. The highest BCUT2D eigenvalue weighted by Gasteiger charge is 2.22. The summed E-state index contributed by atoms with van der Waals surface area (Å²) in [5, 5.41) is 9.86. The van der Waals surface area contributed by atoms with E-state index in [2.05, 4.69) is 71.9 Å². The molecule has 1 amide bonds.